The maximum absolute atomic E-state index is 13.1. The van der Waals surface area contributed by atoms with Crippen molar-refractivity contribution in [2.75, 3.05) is 20.1 Å². The normalized spacial score (nSPS) is 12.1. The van der Waals surface area contributed by atoms with Crippen molar-refractivity contribution < 1.29 is 13.6 Å². The van der Waals surface area contributed by atoms with E-state index in [-0.39, 0.29) is 42.2 Å². The molecule has 8 heteroatoms. The van der Waals surface area contributed by atoms with Crippen LogP contribution in [-0.4, -0.2) is 36.9 Å². The first-order valence-electron chi connectivity index (χ1n) is 9.16. The van der Waals surface area contributed by atoms with Gasteiger partial charge in [0.25, 0.3) is 0 Å². The maximum atomic E-state index is 13.1. The van der Waals surface area contributed by atoms with E-state index in [1.165, 1.54) is 24.3 Å². The summed E-state index contributed by atoms with van der Waals surface area (Å²) in [6, 6.07) is 12.3. The van der Waals surface area contributed by atoms with E-state index in [0.29, 0.717) is 25.5 Å². The Morgan fingerprint density at radius 2 is 1.59 bits per heavy atom. The van der Waals surface area contributed by atoms with Crippen molar-refractivity contribution in [3.63, 3.8) is 0 Å². The third-order valence-electron chi connectivity index (χ3n) is 4.29. The molecule has 0 saturated heterocycles. The van der Waals surface area contributed by atoms with Gasteiger partial charge in [0.1, 0.15) is 11.6 Å². The molecule has 0 saturated carbocycles. The first-order valence-corrected chi connectivity index (χ1v) is 9.16. The molecule has 1 amide bonds. The van der Waals surface area contributed by atoms with Crippen LogP contribution in [0.1, 0.15) is 18.1 Å². The van der Waals surface area contributed by atoms with Crippen LogP contribution >= 0.6 is 24.0 Å². The van der Waals surface area contributed by atoms with E-state index in [1.807, 2.05) is 18.9 Å². The molecule has 0 heterocycles. The average molecular weight is 516 g/mol. The van der Waals surface area contributed by atoms with Gasteiger partial charge in [-0.2, -0.15) is 0 Å². The van der Waals surface area contributed by atoms with Crippen LogP contribution in [0.5, 0.6) is 0 Å². The van der Waals surface area contributed by atoms with Crippen LogP contribution in [0.15, 0.2) is 53.5 Å². The zero-order valence-corrected chi connectivity index (χ0v) is 18.9. The van der Waals surface area contributed by atoms with E-state index >= 15 is 0 Å². The second-order valence-corrected chi connectivity index (χ2v) is 6.61. The highest BCUT2D eigenvalue weighted by atomic mass is 127. The Labute approximate surface area is 187 Å². The van der Waals surface area contributed by atoms with Gasteiger partial charge < -0.3 is 16.0 Å². The fourth-order valence-corrected chi connectivity index (χ4v) is 2.77. The standard InChI is InChI=1S/C21H26F2N4O.HI/c1-3-25-21(27(2)14-16-6-10-19(23)11-7-16)26-13-17(20(24)28)12-15-4-8-18(22)9-5-15;/h4-11,17H,3,12-14H2,1-2H3,(H2,24,28)(H,25,26);1H. The van der Waals surface area contributed by atoms with Crippen molar-refractivity contribution in [3.05, 3.63) is 71.3 Å². The minimum Gasteiger partial charge on any atom is -0.369 e. The topological polar surface area (TPSA) is 70.7 Å². The van der Waals surface area contributed by atoms with Gasteiger partial charge in [-0.1, -0.05) is 24.3 Å². The van der Waals surface area contributed by atoms with Gasteiger partial charge in [0.15, 0.2) is 5.96 Å². The number of halogens is 3. The summed E-state index contributed by atoms with van der Waals surface area (Å²) in [7, 11) is 1.87. The molecule has 0 fully saturated rings. The number of benzene rings is 2. The van der Waals surface area contributed by atoms with Crippen LogP contribution in [0.4, 0.5) is 8.78 Å². The average Bonchev–Trinajstić information content (AvgIpc) is 2.67. The van der Waals surface area contributed by atoms with Gasteiger partial charge >= 0.3 is 0 Å². The zero-order chi connectivity index (χ0) is 20.5. The molecule has 0 aromatic heterocycles. The molecule has 2 aromatic rings. The second-order valence-electron chi connectivity index (χ2n) is 6.61. The fraction of sp³-hybridized carbons (Fsp3) is 0.333. The van der Waals surface area contributed by atoms with Crippen LogP contribution in [0.2, 0.25) is 0 Å². The number of guanidine groups is 1. The third-order valence-corrected chi connectivity index (χ3v) is 4.29. The van der Waals surface area contributed by atoms with E-state index in [0.717, 1.165) is 11.1 Å². The molecule has 3 N–H and O–H groups in total. The molecule has 0 aliphatic carbocycles. The minimum atomic E-state index is -0.502. The summed E-state index contributed by atoms with van der Waals surface area (Å²) in [5, 5.41) is 3.18. The molecule has 0 radical (unpaired) electrons. The van der Waals surface area contributed by atoms with Crippen LogP contribution < -0.4 is 11.1 Å². The number of primary amides is 1. The summed E-state index contributed by atoms with van der Waals surface area (Å²) >= 11 is 0. The number of nitrogens with two attached hydrogens (primary N) is 1. The number of hydrogen-bond donors (Lipinski definition) is 2. The number of rotatable bonds is 8. The molecular formula is C21H27F2IN4O. The summed E-state index contributed by atoms with van der Waals surface area (Å²) in [5.41, 5.74) is 7.30. The molecule has 1 unspecified atom stereocenters. The predicted molar refractivity (Wildman–Crippen MR) is 122 cm³/mol. The van der Waals surface area contributed by atoms with Gasteiger partial charge in [0.2, 0.25) is 5.91 Å². The van der Waals surface area contributed by atoms with Gasteiger partial charge in [-0.05, 0) is 48.7 Å². The van der Waals surface area contributed by atoms with Crippen molar-refractivity contribution in [2.45, 2.75) is 19.9 Å². The molecule has 0 bridgehead atoms. The van der Waals surface area contributed by atoms with Gasteiger partial charge in [-0.15, -0.1) is 24.0 Å². The van der Waals surface area contributed by atoms with Crippen molar-refractivity contribution in [1.82, 2.24) is 10.2 Å². The molecular weight excluding hydrogens is 489 g/mol. The largest absolute Gasteiger partial charge is 0.369 e. The van der Waals surface area contributed by atoms with Crippen molar-refractivity contribution in [3.8, 4) is 0 Å². The molecule has 1 atom stereocenters. The number of aliphatic imine (C=N–C) groups is 1. The Kier molecular flexibility index (Phi) is 10.6. The van der Waals surface area contributed by atoms with Crippen molar-refractivity contribution >= 4 is 35.8 Å². The molecule has 0 aliphatic rings. The van der Waals surface area contributed by atoms with E-state index in [4.69, 9.17) is 5.73 Å². The Hall–Kier alpha value is -2.23. The number of nitrogens with zero attached hydrogens (tertiary/aromatic N) is 2. The van der Waals surface area contributed by atoms with Crippen molar-refractivity contribution in [1.29, 1.82) is 0 Å². The highest BCUT2D eigenvalue weighted by Gasteiger charge is 2.17. The number of amides is 1. The number of carbonyl (C=O) groups is 1. The Bertz CT molecular complexity index is 797. The molecule has 0 aliphatic heterocycles. The SMILES string of the molecule is CCNC(=NCC(Cc1ccc(F)cc1)C(N)=O)N(C)Cc1ccc(F)cc1.I. The minimum absolute atomic E-state index is 0. The summed E-state index contributed by atoms with van der Waals surface area (Å²) in [6.45, 7) is 3.35. The number of carbonyl (C=O) groups excluding carboxylic acids is 1. The molecule has 29 heavy (non-hydrogen) atoms. The van der Waals surface area contributed by atoms with Crippen LogP contribution in [-0.2, 0) is 17.8 Å². The predicted octanol–water partition coefficient (Wildman–Crippen LogP) is 3.32. The lowest BCUT2D eigenvalue weighted by Crippen LogP contribution is -2.39. The number of hydrogen-bond acceptors (Lipinski definition) is 2. The lowest BCUT2D eigenvalue weighted by atomic mass is 9.99. The van der Waals surface area contributed by atoms with E-state index < -0.39 is 11.8 Å². The van der Waals surface area contributed by atoms with E-state index in [1.54, 1.807) is 24.3 Å². The van der Waals surface area contributed by atoms with Crippen LogP contribution in [0.3, 0.4) is 0 Å². The Morgan fingerprint density at radius 3 is 2.07 bits per heavy atom. The van der Waals surface area contributed by atoms with E-state index in [2.05, 4.69) is 10.3 Å². The molecule has 5 nitrogen and oxygen atoms in total. The monoisotopic (exact) mass is 516 g/mol. The van der Waals surface area contributed by atoms with Gasteiger partial charge in [-0.25, -0.2) is 8.78 Å². The molecule has 2 rings (SSSR count). The highest BCUT2D eigenvalue weighted by Crippen LogP contribution is 2.11. The molecule has 158 valence electrons. The molecule has 0 spiro atoms. The Morgan fingerprint density at radius 1 is 1.07 bits per heavy atom. The smallest absolute Gasteiger partial charge is 0.222 e. The van der Waals surface area contributed by atoms with Gasteiger partial charge in [0, 0.05) is 20.1 Å². The van der Waals surface area contributed by atoms with Crippen LogP contribution in [0, 0.1) is 17.6 Å². The van der Waals surface area contributed by atoms with Gasteiger partial charge in [-0.3, -0.25) is 9.79 Å². The third kappa shape index (κ3) is 8.35. The highest BCUT2D eigenvalue weighted by molar-refractivity contribution is 14.0. The van der Waals surface area contributed by atoms with Gasteiger partial charge in [0.05, 0.1) is 12.5 Å². The lowest BCUT2D eigenvalue weighted by molar-refractivity contribution is -0.121. The first-order chi connectivity index (χ1) is 13.4. The number of nitrogens with one attached hydrogen (secondary N) is 1. The summed E-state index contributed by atoms with van der Waals surface area (Å²) < 4.78 is 26.1. The fourth-order valence-electron chi connectivity index (χ4n) is 2.77. The van der Waals surface area contributed by atoms with Crippen molar-refractivity contribution in [2.24, 2.45) is 16.6 Å². The summed E-state index contributed by atoms with van der Waals surface area (Å²) in [6.07, 6.45) is 0.389. The summed E-state index contributed by atoms with van der Waals surface area (Å²) in [5.74, 6) is -0.938. The lowest BCUT2D eigenvalue weighted by Gasteiger charge is -2.23. The quantitative estimate of drug-likeness (QED) is 0.322. The second kappa shape index (κ2) is 12.4. The van der Waals surface area contributed by atoms with Crippen LogP contribution in [0.25, 0.3) is 0 Å². The summed E-state index contributed by atoms with van der Waals surface area (Å²) in [4.78, 5) is 18.3. The Balaban J connectivity index is 0.00000420. The maximum Gasteiger partial charge on any atom is 0.222 e. The first kappa shape index (κ1) is 24.8. The van der Waals surface area contributed by atoms with E-state index in [9.17, 15) is 13.6 Å². The zero-order valence-electron chi connectivity index (χ0n) is 16.6. The molecule has 2 aromatic carbocycles.